The molecule has 1 saturated carbocycles. The van der Waals surface area contributed by atoms with Gasteiger partial charge < -0.3 is 10.6 Å². The van der Waals surface area contributed by atoms with Crippen molar-refractivity contribution in [1.29, 1.82) is 0 Å². The van der Waals surface area contributed by atoms with Crippen molar-refractivity contribution in [2.45, 2.75) is 38.1 Å². The molecule has 1 aliphatic rings. The summed E-state index contributed by atoms with van der Waals surface area (Å²) in [6.07, 6.45) is 6.98. The second kappa shape index (κ2) is 7.81. The van der Waals surface area contributed by atoms with Crippen LogP contribution in [0.5, 0.6) is 0 Å². The van der Waals surface area contributed by atoms with Gasteiger partial charge in [0.2, 0.25) is 0 Å². The van der Waals surface area contributed by atoms with E-state index in [1.54, 1.807) is 24.3 Å². The molecule has 1 fully saturated rings. The van der Waals surface area contributed by atoms with Gasteiger partial charge in [-0.25, -0.2) is 9.97 Å². The van der Waals surface area contributed by atoms with Crippen LogP contribution in [-0.4, -0.2) is 21.9 Å². The number of anilines is 2. The predicted molar refractivity (Wildman–Crippen MR) is 96.1 cm³/mol. The molecule has 0 unspecified atom stereocenters. The Hall–Kier alpha value is -1.85. The van der Waals surface area contributed by atoms with E-state index in [0.29, 0.717) is 27.2 Å². The number of benzene rings is 1. The highest BCUT2D eigenvalue weighted by atomic mass is 35.5. The van der Waals surface area contributed by atoms with Crippen molar-refractivity contribution in [3.63, 3.8) is 0 Å². The quantitative estimate of drug-likeness (QED) is 0.832. The summed E-state index contributed by atoms with van der Waals surface area (Å²) in [5.74, 6) is 0.313. The standard InChI is InChI=1S/C17H18Cl2N4O/c18-12-7-4-8-13(16(12)19)23-15-9-14(20-10-21-15)17(24)22-11-5-2-1-3-6-11/h4,7-11H,1-3,5-6H2,(H,22,24)(H,20,21,23). The van der Waals surface area contributed by atoms with E-state index in [-0.39, 0.29) is 11.9 Å². The normalized spacial score (nSPS) is 15.1. The molecule has 7 heteroatoms. The number of amides is 1. The van der Waals surface area contributed by atoms with Crippen molar-refractivity contribution in [3.8, 4) is 0 Å². The van der Waals surface area contributed by atoms with Crippen molar-refractivity contribution in [2.24, 2.45) is 0 Å². The van der Waals surface area contributed by atoms with E-state index in [9.17, 15) is 4.79 Å². The number of carbonyl (C=O) groups is 1. The Bertz CT molecular complexity index is 732. The van der Waals surface area contributed by atoms with E-state index in [2.05, 4.69) is 20.6 Å². The Labute approximate surface area is 150 Å². The number of rotatable bonds is 4. The molecule has 1 aromatic heterocycles. The summed E-state index contributed by atoms with van der Waals surface area (Å²) in [6, 6.07) is 7.13. The molecule has 0 bridgehead atoms. The van der Waals surface area contributed by atoms with E-state index in [1.165, 1.54) is 12.7 Å². The molecular formula is C17H18Cl2N4O. The van der Waals surface area contributed by atoms with Crippen LogP contribution in [0.25, 0.3) is 0 Å². The lowest BCUT2D eigenvalue weighted by molar-refractivity contribution is 0.0922. The molecule has 24 heavy (non-hydrogen) atoms. The maximum Gasteiger partial charge on any atom is 0.270 e. The molecule has 1 amide bonds. The molecule has 2 aromatic rings. The van der Waals surface area contributed by atoms with Crippen LogP contribution in [0.1, 0.15) is 42.6 Å². The Kier molecular flexibility index (Phi) is 5.53. The first kappa shape index (κ1) is 17.0. The third-order valence-electron chi connectivity index (χ3n) is 4.05. The molecular weight excluding hydrogens is 347 g/mol. The number of hydrogen-bond donors (Lipinski definition) is 2. The van der Waals surface area contributed by atoms with Crippen molar-refractivity contribution in [3.05, 3.63) is 46.3 Å². The summed E-state index contributed by atoms with van der Waals surface area (Å²) in [5, 5.41) is 6.97. The minimum atomic E-state index is -0.176. The lowest BCUT2D eigenvalue weighted by atomic mass is 9.95. The van der Waals surface area contributed by atoms with Gasteiger partial charge in [0.05, 0.1) is 15.7 Å². The Morgan fingerprint density at radius 1 is 1.12 bits per heavy atom. The summed E-state index contributed by atoms with van der Waals surface area (Å²) in [4.78, 5) is 20.6. The number of nitrogens with one attached hydrogen (secondary N) is 2. The molecule has 0 saturated heterocycles. The summed E-state index contributed by atoms with van der Waals surface area (Å²) in [5.41, 5.74) is 0.956. The molecule has 0 atom stereocenters. The van der Waals surface area contributed by atoms with E-state index < -0.39 is 0 Å². The molecule has 0 aliphatic heterocycles. The lowest BCUT2D eigenvalue weighted by Gasteiger charge is -2.22. The van der Waals surface area contributed by atoms with Gasteiger partial charge in [0.25, 0.3) is 5.91 Å². The van der Waals surface area contributed by atoms with Crippen LogP contribution >= 0.6 is 23.2 Å². The first-order valence-corrected chi connectivity index (χ1v) is 8.73. The van der Waals surface area contributed by atoms with Crippen LogP contribution in [0, 0.1) is 0 Å². The molecule has 1 aromatic carbocycles. The Morgan fingerprint density at radius 2 is 1.92 bits per heavy atom. The van der Waals surface area contributed by atoms with Crippen molar-refractivity contribution >= 4 is 40.6 Å². The Morgan fingerprint density at radius 3 is 2.71 bits per heavy atom. The highest BCUT2D eigenvalue weighted by Gasteiger charge is 2.18. The molecule has 126 valence electrons. The molecule has 0 radical (unpaired) electrons. The van der Waals surface area contributed by atoms with Crippen LogP contribution in [0.15, 0.2) is 30.6 Å². The highest BCUT2D eigenvalue weighted by Crippen LogP contribution is 2.31. The SMILES string of the molecule is O=C(NC1CCCCC1)c1cc(Nc2cccc(Cl)c2Cl)ncn1. The van der Waals surface area contributed by atoms with Gasteiger partial charge in [0.15, 0.2) is 0 Å². The molecule has 1 heterocycles. The first-order valence-electron chi connectivity index (χ1n) is 7.97. The number of carbonyl (C=O) groups excluding carboxylic acids is 1. The average Bonchev–Trinajstić information content (AvgIpc) is 2.60. The maximum atomic E-state index is 12.4. The topological polar surface area (TPSA) is 66.9 Å². The summed E-state index contributed by atoms with van der Waals surface area (Å²) >= 11 is 12.2. The third-order valence-corrected chi connectivity index (χ3v) is 4.87. The zero-order valence-electron chi connectivity index (χ0n) is 13.1. The molecule has 1 aliphatic carbocycles. The fourth-order valence-corrected chi connectivity index (χ4v) is 3.14. The summed E-state index contributed by atoms with van der Waals surface area (Å²) in [7, 11) is 0. The van der Waals surface area contributed by atoms with Gasteiger partial charge in [0, 0.05) is 12.1 Å². The Balaban J connectivity index is 1.71. The van der Waals surface area contributed by atoms with Crippen molar-refractivity contribution in [1.82, 2.24) is 15.3 Å². The van der Waals surface area contributed by atoms with Crippen LogP contribution in [-0.2, 0) is 0 Å². The third kappa shape index (κ3) is 4.16. The summed E-state index contributed by atoms with van der Waals surface area (Å²) in [6.45, 7) is 0. The average molecular weight is 365 g/mol. The second-order valence-electron chi connectivity index (χ2n) is 5.82. The largest absolute Gasteiger partial charge is 0.348 e. The van der Waals surface area contributed by atoms with Crippen LogP contribution < -0.4 is 10.6 Å². The lowest BCUT2D eigenvalue weighted by Crippen LogP contribution is -2.36. The molecule has 3 rings (SSSR count). The van der Waals surface area contributed by atoms with Crippen LogP contribution in [0.2, 0.25) is 10.0 Å². The maximum absolute atomic E-state index is 12.4. The number of nitrogens with zero attached hydrogens (tertiary/aromatic N) is 2. The monoisotopic (exact) mass is 364 g/mol. The van der Waals surface area contributed by atoms with Crippen molar-refractivity contribution in [2.75, 3.05) is 5.32 Å². The molecule has 0 spiro atoms. The van der Waals surface area contributed by atoms with Crippen LogP contribution in [0.3, 0.4) is 0 Å². The first-order chi connectivity index (χ1) is 11.6. The van der Waals surface area contributed by atoms with Gasteiger partial charge in [-0.2, -0.15) is 0 Å². The fourth-order valence-electron chi connectivity index (χ4n) is 2.79. The second-order valence-corrected chi connectivity index (χ2v) is 6.61. The van der Waals surface area contributed by atoms with Gasteiger partial charge in [-0.05, 0) is 25.0 Å². The van der Waals surface area contributed by atoms with Crippen molar-refractivity contribution < 1.29 is 4.79 Å². The predicted octanol–water partition coefficient (Wildman–Crippen LogP) is 4.59. The van der Waals surface area contributed by atoms with Gasteiger partial charge in [-0.15, -0.1) is 0 Å². The fraction of sp³-hybridized carbons (Fsp3) is 0.353. The van der Waals surface area contributed by atoms with Gasteiger partial charge in [-0.1, -0.05) is 48.5 Å². The van der Waals surface area contributed by atoms with E-state index in [4.69, 9.17) is 23.2 Å². The minimum absolute atomic E-state index is 0.176. The minimum Gasteiger partial charge on any atom is -0.348 e. The highest BCUT2D eigenvalue weighted by molar-refractivity contribution is 6.43. The number of hydrogen-bond acceptors (Lipinski definition) is 4. The number of aromatic nitrogens is 2. The zero-order valence-corrected chi connectivity index (χ0v) is 14.6. The van der Waals surface area contributed by atoms with E-state index in [1.807, 2.05) is 0 Å². The number of halogens is 2. The molecule has 2 N–H and O–H groups in total. The van der Waals surface area contributed by atoms with Gasteiger partial charge >= 0.3 is 0 Å². The summed E-state index contributed by atoms with van der Waals surface area (Å²) < 4.78 is 0. The smallest absolute Gasteiger partial charge is 0.270 e. The van der Waals surface area contributed by atoms with Gasteiger partial charge in [0.1, 0.15) is 17.8 Å². The van der Waals surface area contributed by atoms with E-state index in [0.717, 1.165) is 25.7 Å². The zero-order chi connectivity index (χ0) is 16.9. The molecule has 5 nitrogen and oxygen atoms in total. The van der Waals surface area contributed by atoms with Crippen LogP contribution in [0.4, 0.5) is 11.5 Å². The van der Waals surface area contributed by atoms with E-state index >= 15 is 0 Å². The van der Waals surface area contributed by atoms with Gasteiger partial charge in [-0.3, -0.25) is 4.79 Å².